The Kier molecular flexibility index (Phi) is 7.07. The van der Waals surface area contributed by atoms with Gasteiger partial charge in [-0.2, -0.15) is 0 Å². The summed E-state index contributed by atoms with van der Waals surface area (Å²) >= 11 is 12.3. The molecule has 3 aromatic rings. The van der Waals surface area contributed by atoms with E-state index in [1.165, 1.54) is 25.1 Å². The number of rotatable bonds is 7. The molecule has 0 aliphatic rings. The standard InChI is InChI=1S/C23H24Cl2N2O4S/c1-23(26,29)17-9-6-10-20(22(17)28)27(32(2,30)31)21(13-15-7-4-3-5-8-15)16-11-12-18(24)19(25)14-16/h3-12,14,21,28-29H,13,26H2,1-2H3. The van der Waals surface area contributed by atoms with Gasteiger partial charge in [0.2, 0.25) is 10.0 Å². The molecule has 2 atom stereocenters. The number of anilines is 1. The molecule has 0 aromatic heterocycles. The van der Waals surface area contributed by atoms with Crippen molar-refractivity contribution in [1.82, 2.24) is 0 Å². The van der Waals surface area contributed by atoms with Crippen LogP contribution in [0, 0.1) is 0 Å². The van der Waals surface area contributed by atoms with Crippen LogP contribution in [0.25, 0.3) is 0 Å². The first-order chi connectivity index (χ1) is 14.9. The third-order valence-electron chi connectivity index (χ3n) is 5.04. The van der Waals surface area contributed by atoms with Gasteiger partial charge in [-0.05, 0) is 42.7 Å². The maximum atomic E-state index is 13.1. The second-order valence-electron chi connectivity index (χ2n) is 7.76. The van der Waals surface area contributed by atoms with Gasteiger partial charge in [0, 0.05) is 5.56 Å². The van der Waals surface area contributed by atoms with Crippen molar-refractivity contribution in [3.8, 4) is 5.75 Å². The van der Waals surface area contributed by atoms with Crippen LogP contribution in [-0.2, 0) is 22.2 Å². The third-order valence-corrected chi connectivity index (χ3v) is 6.94. The first-order valence-electron chi connectivity index (χ1n) is 9.71. The van der Waals surface area contributed by atoms with Crippen molar-refractivity contribution >= 4 is 38.9 Å². The summed E-state index contributed by atoms with van der Waals surface area (Å²) in [7, 11) is -3.92. The number of hydrogen-bond donors (Lipinski definition) is 3. The normalized spacial score (nSPS) is 14.6. The fourth-order valence-corrected chi connectivity index (χ4v) is 5.06. The lowest BCUT2D eigenvalue weighted by Crippen LogP contribution is -2.37. The Balaban J connectivity index is 2.26. The van der Waals surface area contributed by atoms with E-state index in [1.54, 1.807) is 18.2 Å². The van der Waals surface area contributed by atoms with Gasteiger partial charge in [0.15, 0.2) is 0 Å². The van der Waals surface area contributed by atoms with Crippen LogP contribution in [0.1, 0.15) is 29.7 Å². The lowest BCUT2D eigenvalue weighted by Gasteiger charge is -2.34. The number of para-hydroxylation sites is 1. The molecule has 0 aliphatic heterocycles. The molecule has 0 radical (unpaired) electrons. The summed E-state index contributed by atoms with van der Waals surface area (Å²) in [6.45, 7) is 1.30. The van der Waals surface area contributed by atoms with Crippen LogP contribution in [0.2, 0.25) is 10.0 Å². The van der Waals surface area contributed by atoms with E-state index in [-0.39, 0.29) is 22.7 Å². The lowest BCUT2D eigenvalue weighted by molar-refractivity contribution is 0.0622. The molecular formula is C23H24Cl2N2O4S. The molecule has 4 N–H and O–H groups in total. The molecule has 9 heteroatoms. The minimum Gasteiger partial charge on any atom is -0.505 e. The summed E-state index contributed by atoms with van der Waals surface area (Å²) in [5, 5.41) is 21.8. The van der Waals surface area contributed by atoms with Gasteiger partial charge in [-0.1, -0.05) is 71.7 Å². The van der Waals surface area contributed by atoms with E-state index >= 15 is 0 Å². The molecule has 0 bridgehead atoms. The summed E-state index contributed by atoms with van der Waals surface area (Å²) in [6, 6.07) is 17.9. The van der Waals surface area contributed by atoms with Crippen LogP contribution in [0.3, 0.4) is 0 Å². The molecule has 3 aromatic carbocycles. The Hall–Kier alpha value is -2.29. The Labute approximate surface area is 197 Å². The summed E-state index contributed by atoms with van der Waals surface area (Å²) in [6.07, 6.45) is 1.34. The number of nitrogens with zero attached hydrogens (tertiary/aromatic N) is 1. The number of nitrogens with two attached hydrogens (primary N) is 1. The van der Waals surface area contributed by atoms with Crippen LogP contribution in [0.5, 0.6) is 5.75 Å². The SMILES string of the molecule is CC(N)(O)c1cccc(N(C(Cc2ccccc2)c2ccc(Cl)c(Cl)c2)S(C)(=O)=O)c1O. The van der Waals surface area contributed by atoms with E-state index in [0.29, 0.717) is 10.6 Å². The molecule has 6 nitrogen and oxygen atoms in total. The van der Waals surface area contributed by atoms with Gasteiger partial charge in [-0.25, -0.2) is 8.42 Å². The van der Waals surface area contributed by atoms with Crippen molar-refractivity contribution in [2.45, 2.75) is 25.1 Å². The Morgan fingerprint density at radius 3 is 2.25 bits per heavy atom. The predicted octanol–water partition coefficient (Wildman–Crippen LogP) is 4.57. The molecule has 0 saturated heterocycles. The number of phenols is 1. The largest absolute Gasteiger partial charge is 0.505 e. The van der Waals surface area contributed by atoms with Gasteiger partial charge in [-0.15, -0.1) is 0 Å². The number of phenolic OH excluding ortho intramolecular Hbond substituents is 1. The minimum atomic E-state index is -3.92. The fourth-order valence-electron chi connectivity index (χ4n) is 3.59. The first-order valence-corrected chi connectivity index (χ1v) is 12.3. The molecule has 0 heterocycles. The highest BCUT2D eigenvalue weighted by Crippen LogP contribution is 2.42. The maximum Gasteiger partial charge on any atom is 0.232 e. The number of halogens is 2. The van der Waals surface area contributed by atoms with E-state index in [9.17, 15) is 18.6 Å². The van der Waals surface area contributed by atoms with Crippen LogP contribution >= 0.6 is 23.2 Å². The van der Waals surface area contributed by atoms with Crippen LogP contribution in [0.4, 0.5) is 5.69 Å². The Bertz CT molecular complexity index is 1210. The predicted molar refractivity (Wildman–Crippen MR) is 129 cm³/mol. The van der Waals surface area contributed by atoms with Crippen molar-refractivity contribution in [2.75, 3.05) is 10.6 Å². The summed E-state index contributed by atoms with van der Waals surface area (Å²) in [4.78, 5) is 0. The van der Waals surface area contributed by atoms with Gasteiger partial charge in [0.1, 0.15) is 11.5 Å². The molecular weight excluding hydrogens is 471 g/mol. The third kappa shape index (κ3) is 5.36. The number of aliphatic hydroxyl groups is 1. The zero-order chi connectivity index (χ0) is 23.7. The summed E-state index contributed by atoms with van der Waals surface area (Å²) < 4.78 is 27.2. The lowest BCUT2D eigenvalue weighted by atomic mass is 9.97. The molecule has 0 spiro atoms. The van der Waals surface area contributed by atoms with Gasteiger partial charge < -0.3 is 10.2 Å². The highest BCUT2D eigenvalue weighted by atomic mass is 35.5. The Morgan fingerprint density at radius 1 is 1.03 bits per heavy atom. The number of aromatic hydroxyl groups is 1. The quantitative estimate of drug-likeness (QED) is 0.417. The van der Waals surface area contributed by atoms with Gasteiger partial charge in [0.25, 0.3) is 0 Å². The monoisotopic (exact) mass is 494 g/mol. The van der Waals surface area contributed by atoms with Crippen molar-refractivity contribution < 1.29 is 18.6 Å². The smallest absolute Gasteiger partial charge is 0.232 e. The van der Waals surface area contributed by atoms with Crippen molar-refractivity contribution in [1.29, 1.82) is 0 Å². The first kappa shape index (κ1) is 24.4. The number of hydrogen-bond acceptors (Lipinski definition) is 5. The molecule has 2 unspecified atom stereocenters. The second-order valence-corrected chi connectivity index (χ2v) is 10.4. The highest BCUT2D eigenvalue weighted by molar-refractivity contribution is 7.92. The summed E-state index contributed by atoms with van der Waals surface area (Å²) in [5.74, 6) is -0.427. The molecule has 170 valence electrons. The van der Waals surface area contributed by atoms with E-state index in [4.69, 9.17) is 28.9 Å². The maximum absolute atomic E-state index is 13.1. The van der Waals surface area contributed by atoms with Crippen LogP contribution in [0.15, 0.2) is 66.7 Å². The second kappa shape index (κ2) is 9.29. The van der Waals surface area contributed by atoms with Crippen molar-refractivity contribution in [3.63, 3.8) is 0 Å². The number of benzene rings is 3. The molecule has 0 aliphatic carbocycles. The number of sulfonamides is 1. The highest BCUT2D eigenvalue weighted by Gasteiger charge is 2.33. The molecule has 0 saturated carbocycles. The van der Waals surface area contributed by atoms with Crippen LogP contribution in [-0.4, -0.2) is 24.9 Å². The average molecular weight is 495 g/mol. The molecule has 0 fully saturated rings. The van der Waals surface area contributed by atoms with Crippen LogP contribution < -0.4 is 10.0 Å². The molecule has 3 rings (SSSR count). The van der Waals surface area contributed by atoms with Crippen molar-refractivity contribution in [2.24, 2.45) is 5.73 Å². The molecule has 0 amide bonds. The molecule has 32 heavy (non-hydrogen) atoms. The van der Waals surface area contributed by atoms with E-state index < -0.39 is 27.5 Å². The fraction of sp³-hybridized carbons (Fsp3) is 0.217. The van der Waals surface area contributed by atoms with Gasteiger partial charge >= 0.3 is 0 Å². The summed E-state index contributed by atoms with van der Waals surface area (Å²) in [5.41, 5.74) is 5.35. The van der Waals surface area contributed by atoms with E-state index in [1.807, 2.05) is 30.3 Å². The zero-order valence-corrected chi connectivity index (χ0v) is 19.9. The average Bonchev–Trinajstić information content (AvgIpc) is 2.70. The van der Waals surface area contributed by atoms with Crippen molar-refractivity contribution in [3.05, 3.63) is 93.5 Å². The Morgan fingerprint density at radius 2 is 1.69 bits per heavy atom. The van der Waals surface area contributed by atoms with E-state index in [2.05, 4.69) is 0 Å². The van der Waals surface area contributed by atoms with Gasteiger partial charge in [-0.3, -0.25) is 10.0 Å². The topological polar surface area (TPSA) is 104 Å². The zero-order valence-electron chi connectivity index (χ0n) is 17.5. The van der Waals surface area contributed by atoms with E-state index in [0.717, 1.165) is 16.1 Å². The minimum absolute atomic E-state index is 0.00347. The van der Waals surface area contributed by atoms with Gasteiger partial charge in [0.05, 0.1) is 28.0 Å².